The number of anilines is 1. The molecule has 0 aliphatic rings. The Morgan fingerprint density at radius 3 is 3.00 bits per heavy atom. The maximum atomic E-state index is 10.3. The molecule has 0 aliphatic heterocycles. The second kappa shape index (κ2) is 2.87. The maximum Gasteiger partial charge on any atom is 0.317 e. The lowest BCUT2D eigenvalue weighted by Gasteiger charge is -2.00. The summed E-state index contributed by atoms with van der Waals surface area (Å²) in [7, 11) is 0. The SMILES string of the molecule is NC(=O)Nc1ncccc1O. The van der Waals surface area contributed by atoms with E-state index < -0.39 is 6.03 Å². The molecule has 1 aromatic rings. The van der Waals surface area contributed by atoms with Crippen molar-refractivity contribution in [2.75, 3.05) is 5.32 Å². The van der Waals surface area contributed by atoms with E-state index in [1.807, 2.05) is 0 Å². The van der Waals surface area contributed by atoms with Gasteiger partial charge in [0.15, 0.2) is 11.6 Å². The topological polar surface area (TPSA) is 88.2 Å². The van der Waals surface area contributed by atoms with Crippen molar-refractivity contribution in [2.24, 2.45) is 5.73 Å². The van der Waals surface area contributed by atoms with Gasteiger partial charge in [0.05, 0.1) is 0 Å². The molecule has 0 saturated carbocycles. The number of aromatic nitrogens is 1. The Hall–Kier alpha value is -1.78. The average molecular weight is 153 g/mol. The second-order valence-corrected chi connectivity index (χ2v) is 1.86. The van der Waals surface area contributed by atoms with Gasteiger partial charge >= 0.3 is 6.03 Å². The van der Waals surface area contributed by atoms with Crippen LogP contribution < -0.4 is 11.1 Å². The third-order valence-electron chi connectivity index (χ3n) is 1.03. The van der Waals surface area contributed by atoms with Crippen molar-refractivity contribution >= 4 is 11.8 Å². The standard InChI is InChI=1S/C6H7N3O2/c7-6(11)9-5-4(10)2-1-3-8-5/h1-3,10H,(H3,7,8,9,11). The number of nitrogens with one attached hydrogen (secondary N) is 1. The van der Waals surface area contributed by atoms with Gasteiger partial charge in [0, 0.05) is 6.20 Å². The summed E-state index contributed by atoms with van der Waals surface area (Å²) in [6, 6.07) is 2.19. The number of nitrogens with zero attached hydrogens (tertiary/aromatic N) is 1. The highest BCUT2D eigenvalue weighted by Crippen LogP contribution is 2.17. The Kier molecular flexibility index (Phi) is 1.91. The number of primary amides is 1. The number of carbonyl (C=O) groups is 1. The minimum Gasteiger partial charge on any atom is -0.504 e. The van der Waals surface area contributed by atoms with Crippen molar-refractivity contribution in [3.05, 3.63) is 18.3 Å². The van der Waals surface area contributed by atoms with Crippen LogP contribution in [0.5, 0.6) is 5.75 Å². The van der Waals surface area contributed by atoms with Crippen molar-refractivity contribution in [1.29, 1.82) is 0 Å². The summed E-state index contributed by atoms with van der Waals surface area (Å²) < 4.78 is 0. The fraction of sp³-hybridized carbons (Fsp3) is 0. The molecule has 0 fully saturated rings. The molecule has 5 nitrogen and oxygen atoms in total. The maximum absolute atomic E-state index is 10.3. The molecule has 2 amide bonds. The van der Waals surface area contributed by atoms with Crippen molar-refractivity contribution in [3.63, 3.8) is 0 Å². The van der Waals surface area contributed by atoms with Gasteiger partial charge in [0.2, 0.25) is 0 Å². The number of aromatic hydroxyl groups is 1. The molecule has 0 aliphatic carbocycles. The molecule has 0 unspecified atom stereocenters. The normalized spacial score (nSPS) is 9.09. The van der Waals surface area contributed by atoms with Crippen LogP contribution in [0.15, 0.2) is 18.3 Å². The van der Waals surface area contributed by atoms with Crippen LogP contribution in [0.1, 0.15) is 0 Å². The first-order valence-corrected chi connectivity index (χ1v) is 2.90. The van der Waals surface area contributed by atoms with Crippen LogP contribution in [0.2, 0.25) is 0 Å². The fourth-order valence-electron chi connectivity index (χ4n) is 0.610. The zero-order chi connectivity index (χ0) is 8.27. The van der Waals surface area contributed by atoms with Gasteiger partial charge in [-0.3, -0.25) is 5.32 Å². The van der Waals surface area contributed by atoms with Crippen LogP contribution >= 0.6 is 0 Å². The van der Waals surface area contributed by atoms with E-state index in [4.69, 9.17) is 10.8 Å². The van der Waals surface area contributed by atoms with Crippen molar-refractivity contribution in [2.45, 2.75) is 0 Å². The lowest BCUT2D eigenvalue weighted by Crippen LogP contribution is -2.19. The van der Waals surface area contributed by atoms with Crippen LogP contribution in [0.3, 0.4) is 0 Å². The van der Waals surface area contributed by atoms with Crippen LogP contribution in [0, 0.1) is 0 Å². The molecule has 0 saturated heterocycles. The summed E-state index contributed by atoms with van der Waals surface area (Å²) in [6.45, 7) is 0. The molecule has 0 radical (unpaired) electrons. The van der Waals surface area contributed by atoms with Crippen LogP contribution in [0.25, 0.3) is 0 Å². The third kappa shape index (κ3) is 1.82. The molecule has 1 aromatic heterocycles. The van der Waals surface area contributed by atoms with E-state index in [1.165, 1.54) is 12.3 Å². The lowest BCUT2D eigenvalue weighted by molar-refractivity contribution is 0.259. The Labute approximate surface area is 62.9 Å². The molecule has 0 aromatic carbocycles. The highest BCUT2D eigenvalue weighted by molar-refractivity contribution is 5.88. The molecular weight excluding hydrogens is 146 g/mol. The molecule has 4 N–H and O–H groups in total. The van der Waals surface area contributed by atoms with Crippen molar-refractivity contribution in [1.82, 2.24) is 4.98 Å². The quantitative estimate of drug-likeness (QED) is 0.541. The van der Waals surface area contributed by atoms with E-state index in [1.54, 1.807) is 6.07 Å². The van der Waals surface area contributed by atoms with Gasteiger partial charge in [0.1, 0.15) is 0 Å². The first kappa shape index (κ1) is 7.33. The van der Waals surface area contributed by atoms with Gasteiger partial charge in [-0.2, -0.15) is 0 Å². The number of urea groups is 1. The monoisotopic (exact) mass is 153 g/mol. The number of carbonyl (C=O) groups excluding carboxylic acids is 1. The Bertz CT molecular complexity index is 274. The Morgan fingerprint density at radius 2 is 2.45 bits per heavy atom. The summed E-state index contributed by atoms with van der Waals surface area (Å²) in [5.74, 6) is -0.0358. The Morgan fingerprint density at radius 1 is 1.73 bits per heavy atom. The summed E-state index contributed by atoms with van der Waals surface area (Å²) in [6.07, 6.45) is 1.44. The van der Waals surface area contributed by atoms with E-state index >= 15 is 0 Å². The van der Waals surface area contributed by atoms with Gasteiger partial charge in [-0.15, -0.1) is 0 Å². The first-order valence-electron chi connectivity index (χ1n) is 2.90. The van der Waals surface area contributed by atoms with E-state index in [0.29, 0.717) is 0 Å². The molecule has 1 rings (SSSR count). The molecule has 0 bridgehead atoms. The zero-order valence-electron chi connectivity index (χ0n) is 5.61. The number of hydrogen-bond donors (Lipinski definition) is 3. The predicted molar refractivity (Wildman–Crippen MR) is 39.1 cm³/mol. The molecular formula is C6H7N3O2. The van der Waals surface area contributed by atoms with Crippen LogP contribution in [-0.2, 0) is 0 Å². The lowest BCUT2D eigenvalue weighted by atomic mass is 10.4. The summed E-state index contributed by atoms with van der Waals surface area (Å²) in [4.78, 5) is 13.9. The minimum absolute atomic E-state index is 0.0694. The molecule has 11 heavy (non-hydrogen) atoms. The summed E-state index contributed by atoms with van der Waals surface area (Å²) >= 11 is 0. The number of pyridine rings is 1. The average Bonchev–Trinajstić information content (AvgIpc) is 1.93. The van der Waals surface area contributed by atoms with Gasteiger partial charge < -0.3 is 10.8 Å². The smallest absolute Gasteiger partial charge is 0.317 e. The highest BCUT2D eigenvalue weighted by atomic mass is 16.3. The minimum atomic E-state index is -0.751. The van der Waals surface area contributed by atoms with E-state index in [9.17, 15) is 4.79 Å². The zero-order valence-corrected chi connectivity index (χ0v) is 5.61. The second-order valence-electron chi connectivity index (χ2n) is 1.86. The largest absolute Gasteiger partial charge is 0.504 e. The molecule has 5 heteroatoms. The highest BCUT2D eigenvalue weighted by Gasteiger charge is 2.01. The molecule has 1 heterocycles. The van der Waals surface area contributed by atoms with E-state index in [0.717, 1.165) is 0 Å². The molecule has 0 spiro atoms. The number of nitrogens with two attached hydrogens (primary N) is 1. The Balaban J connectivity index is 2.86. The van der Waals surface area contributed by atoms with E-state index in [-0.39, 0.29) is 11.6 Å². The number of hydrogen-bond acceptors (Lipinski definition) is 3. The van der Waals surface area contributed by atoms with Gasteiger partial charge in [-0.25, -0.2) is 9.78 Å². The van der Waals surface area contributed by atoms with Gasteiger partial charge in [0.25, 0.3) is 0 Å². The predicted octanol–water partition coefficient (Wildman–Crippen LogP) is 0.278. The number of amides is 2. The third-order valence-corrected chi connectivity index (χ3v) is 1.03. The van der Waals surface area contributed by atoms with E-state index in [2.05, 4.69) is 10.3 Å². The fourth-order valence-corrected chi connectivity index (χ4v) is 0.610. The number of rotatable bonds is 1. The first-order chi connectivity index (χ1) is 5.20. The molecule has 58 valence electrons. The van der Waals surface area contributed by atoms with Gasteiger partial charge in [-0.05, 0) is 12.1 Å². The molecule has 0 atom stereocenters. The van der Waals surface area contributed by atoms with Crippen LogP contribution in [-0.4, -0.2) is 16.1 Å². The summed E-state index contributed by atoms with van der Waals surface area (Å²) in [5, 5.41) is 11.2. The van der Waals surface area contributed by atoms with Crippen molar-refractivity contribution < 1.29 is 9.90 Å². The van der Waals surface area contributed by atoms with Crippen LogP contribution in [0.4, 0.5) is 10.6 Å². The summed E-state index contributed by atoms with van der Waals surface area (Å²) in [5.41, 5.74) is 4.79. The van der Waals surface area contributed by atoms with Gasteiger partial charge in [-0.1, -0.05) is 0 Å². The van der Waals surface area contributed by atoms with Crippen molar-refractivity contribution in [3.8, 4) is 5.75 Å².